The number of aromatic nitrogens is 2. The predicted molar refractivity (Wildman–Crippen MR) is 64.1 cm³/mol. The Morgan fingerprint density at radius 2 is 2.00 bits per heavy atom. The molecule has 1 N–H and O–H groups in total. The fraction of sp³-hybridized carbons (Fsp3) is 0.455. The molecule has 1 saturated heterocycles. The third-order valence-corrected chi connectivity index (χ3v) is 3.06. The average Bonchev–Trinajstić information content (AvgIpc) is 2.80. The minimum absolute atomic E-state index is 0.988. The van der Waals surface area contributed by atoms with E-state index in [1.165, 1.54) is 32.4 Å². The second-order valence-electron chi connectivity index (χ2n) is 3.49. The zero-order chi connectivity index (χ0) is 10.3. The molecule has 1 aliphatic heterocycles. The molecule has 3 heterocycles. The van der Waals surface area contributed by atoms with Crippen LogP contribution < -0.4 is 5.32 Å². The van der Waals surface area contributed by atoms with Crippen LogP contribution in [0.4, 0.5) is 0 Å². The lowest BCUT2D eigenvalue weighted by Gasteiger charge is -2.08. The highest BCUT2D eigenvalue weighted by Crippen LogP contribution is 2.12. The molecule has 0 aliphatic carbocycles. The third-order valence-electron chi connectivity index (χ3n) is 2.31. The summed E-state index contributed by atoms with van der Waals surface area (Å²) in [7, 11) is 0. The molecule has 0 aromatic carbocycles. The molecule has 1 aliphatic rings. The van der Waals surface area contributed by atoms with Gasteiger partial charge < -0.3 is 5.32 Å². The Balaban J connectivity index is 0.000000124. The smallest absolute Gasteiger partial charge is 0.143 e. The van der Waals surface area contributed by atoms with Gasteiger partial charge in [0.1, 0.15) is 4.83 Å². The summed E-state index contributed by atoms with van der Waals surface area (Å²) in [5.41, 5.74) is 2.79. The van der Waals surface area contributed by atoms with Crippen molar-refractivity contribution in [3.8, 4) is 0 Å². The van der Waals surface area contributed by atoms with Gasteiger partial charge in [-0.1, -0.05) is 6.42 Å². The Bertz CT molecular complexity index is 354. The molecule has 0 amide bonds. The fourth-order valence-corrected chi connectivity index (χ4v) is 2.14. The van der Waals surface area contributed by atoms with E-state index in [-0.39, 0.29) is 0 Å². The maximum Gasteiger partial charge on any atom is 0.143 e. The van der Waals surface area contributed by atoms with E-state index in [1.807, 2.05) is 12.1 Å². The maximum atomic E-state index is 4.10. The van der Waals surface area contributed by atoms with Gasteiger partial charge in [-0.3, -0.25) is 0 Å². The van der Waals surface area contributed by atoms with Gasteiger partial charge in [0.05, 0.1) is 11.0 Å². The van der Waals surface area contributed by atoms with Crippen LogP contribution in [0.15, 0.2) is 23.8 Å². The van der Waals surface area contributed by atoms with Crippen molar-refractivity contribution in [3.63, 3.8) is 0 Å². The number of thiazole rings is 1. The van der Waals surface area contributed by atoms with Crippen molar-refractivity contribution in [2.75, 3.05) is 13.1 Å². The second kappa shape index (κ2) is 5.78. The molecule has 0 unspecified atom stereocenters. The molecule has 2 aromatic rings. The van der Waals surface area contributed by atoms with Gasteiger partial charge in [0.2, 0.25) is 0 Å². The number of fused-ring (bicyclic) bond motifs is 1. The summed E-state index contributed by atoms with van der Waals surface area (Å²) in [6, 6.07) is 3.85. The Kier molecular flexibility index (Phi) is 4.05. The first-order valence-corrected chi connectivity index (χ1v) is 6.20. The number of hydrogen-bond donors (Lipinski definition) is 1. The van der Waals surface area contributed by atoms with Crippen LogP contribution in [0, 0.1) is 0 Å². The summed E-state index contributed by atoms with van der Waals surface area (Å²) in [4.78, 5) is 9.18. The Labute approximate surface area is 93.6 Å². The van der Waals surface area contributed by atoms with Crippen molar-refractivity contribution in [1.82, 2.24) is 15.3 Å². The van der Waals surface area contributed by atoms with Crippen LogP contribution in [0.5, 0.6) is 0 Å². The van der Waals surface area contributed by atoms with Gasteiger partial charge in [0.15, 0.2) is 0 Å². The Hall–Kier alpha value is -1.00. The standard InChI is InChI=1S/C6H4N2S.C5H11N/c1-2-5-6(7-3-1)9-4-8-5;1-2-4-6-5-3-1/h1-4H;6H,1-5H2. The minimum atomic E-state index is 0.988. The van der Waals surface area contributed by atoms with Crippen molar-refractivity contribution >= 4 is 21.7 Å². The number of pyridine rings is 1. The highest BCUT2D eigenvalue weighted by Gasteiger charge is 1.93. The number of nitrogens with one attached hydrogen (secondary N) is 1. The zero-order valence-corrected chi connectivity index (χ0v) is 9.46. The summed E-state index contributed by atoms with van der Waals surface area (Å²) in [6.45, 7) is 2.50. The van der Waals surface area contributed by atoms with E-state index < -0.39 is 0 Å². The molecule has 4 heteroatoms. The van der Waals surface area contributed by atoms with Crippen LogP contribution in [0.3, 0.4) is 0 Å². The lowest BCUT2D eigenvalue weighted by atomic mass is 10.2. The molecule has 3 rings (SSSR count). The van der Waals surface area contributed by atoms with E-state index in [0.717, 1.165) is 10.3 Å². The van der Waals surface area contributed by atoms with Gasteiger partial charge in [-0.2, -0.15) is 0 Å². The molecule has 0 bridgehead atoms. The molecule has 0 radical (unpaired) electrons. The van der Waals surface area contributed by atoms with Crippen LogP contribution in [-0.4, -0.2) is 23.1 Å². The van der Waals surface area contributed by atoms with Gasteiger partial charge in [-0.25, -0.2) is 9.97 Å². The first kappa shape index (κ1) is 10.5. The first-order valence-electron chi connectivity index (χ1n) is 5.32. The average molecular weight is 221 g/mol. The molecular weight excluding hydrogens is 206 g/mol. The number of rotatable bonds is 0. The molecule has 1 fully saturated rings. The fourth-order valence-electron chi connectivity index (χ4n) is 1.51. The van der Waals surface area contributed by atoms with Crippen molar-refractivity contribution in [1.29, 1.82) is 0 Å². The lowest BCUT2D eigenvalue weighted by Crippen LogP contribution is -2.21. The van der Waals surface area contributed by atoms with Gasteiger partial charge in [-0.05, 0) is 38.1 Å². The highest BCUT2D eigenvalue weighted by atomic mass is 32.1. The minimum Gasteiger partial charge on any atom is -0.317 e. The summed E-state index contributed by atoms with van der Waals surface area (Å²) >= 11 is 1.57. The van der Waals surface area contributed by atoms with Crippen molar-refractivity contribution < 1.29 is 0 Å². The largest absolute Gasteiger partial charge is 0.317 e. The second-order valence-corrected chi connectivity index (χ2v) is 4.32. The molecule has 15 heavy (non-hydrogen) atoms. The highest BCUT2D eigenvalue weighted by molar-refractivity contribution is 7.16. The Morgan fingerprint density at radius 1 is 1.13 bits per heavy atom. The summed E-state index contributed by atoms with van der Waals surface area (Å²) < 4.78 is 0. The molecule has 0 atom stereocenters. The molecular formula is C11H15N3S. The molecule has 0 spiro atoms. The van der Waals surface area contributed by atoms with Crippen LogP contribution in [0.1, 0.15) is 19.3 Å². The molecule has 2 aromatic heterocycles. The lowest BCUT2D eigenvalue weighted by molar-refractivity contribution is 0.520. The predicted octanol–water partition coefficient (Wildman–Crippen LogP) is 2.45. The van der Waals surface area contributed by atoms with Crippen LogP contribution in [0.25, 0.3) is 10.3 Å². The first-order chi connectivity index (χ1) is 7.47. The maximum absolute atomic E-state index is 4.10. The molecule has 3 nitrogen and oxygen atoms in total. The van der Waals surface area contributed by atoms with E-state index in [4.69, 9.17) is 0 Å². The SMILES string of the molecule is C1CCNCC1.c1cnc2scnc2c1. The van der Waals surface area contributed by atoms with E-state index in [0.29, 0.717) is 0 Å². The summed E-state index contributed by atoms with van der Waals surface area (Å²) in [6.07, 6.45) is 5.99. The number of hydrogen-bond acceptors (Lipinski definition) is 4. The van der Waals surface area contributed by atoms with Gasteiger partial charge >= 0.3 is 0 Å². The van der Waals surface area contributed by atoms with E-state index >= 15 is 0 Å². The quantitative estimate of drug-likeness (QED) is 0.742. The topological polar surface area (TPSA) is 37.8 Å². The normalized spacial score (nSPS) is 15.7. The van der Waals surface area contributed by atoms with Crippen LogP contribution >= 0.6 is 11.3 Å². The van der Waals surface area contributed by atoms with E-state index in [1.54, 1.807) is 23.0 Å². The molecule has 80 valence electrons. The van der Waals surface area contributed by atoms with Gasteiger partial charge in [0, 0.05) is 6.20 Å². The Morgan fingerprint density at radius 3 is 2.60 bits per heavy atom. The van der Waals surface area contributed by atoms with Crippen LogP contribution in [0.2, 0.25) is 0 Å². The summed E-state index contributed by atoms with van der Waals surface area (Å²) in [5, 5.41) is 3.28. The van der Waals surface area contributed by atoms with Crippen molar-refractivity contribution in [2.45, 2.75) is 19.3 Å². The van der Waals surface area contributed by atoms with E-state index in [2.05, 4.69) is 15.3 Å². The monoisotopic (exact) mass is 221 g/mol. The number of nitrogens with zero attached hydrogens (tertiary/aromatic N) is 2. The van der Waals surface area contributed by atoms with E-state index in [9.17, 15) is 0 Å². The summed E-state index contributed by atoms with van der Waals surface area (Å²) in [5.74, 6) is 0. The van der Waals surface area contributed by atoms with Crippen molar-refractivity contribution in [2.24, 2.45) is 0 Å². The van der Waals surface area contributed by atoms with Crippen molar-refractivity contribution in [3.05, 3.63) is 23.8 Å². The molecule has 0 saturated carbocycles. The third kappa shape index (κ3) is 3.25. The van der Waals surface area contributed by atoms with Gasteiger partial charge in [0.25, 0.3) is 0 Å². The number of piperidine rings is 1. The zero-order valence-electron chi connectivity index (χ0n) is 8.65. The van der Waals surface area contributed by atoms with Crippen LogP contribution in [-0.2, 0) is 0 Å². The van der Waals surface area contributed by atoms with Gasteiger partial charge in [-0.15, -0.1) is 11.3 Å².